The van der Waals surface area contributed by atoms with E-state index in [0.717, 1.165) is 5.57 Å². The summed E-state index contributed by atoms with van der Waals surface area (Å²) in [7, 11) is 0. The lowest BCUT2D eigenvalue weighted by atomic mass is 10.0. The molecule has 5 heteroatoms. The normalized spacial score (nSPS) is 19.3. The van der Waals surface area contributed by atoms with Crippen molar-refractivity contribution < 1.29 is 9.18 Å². The quantitative estimate of drug-likeness (QED) is 0.523. The van der Waals surface area contributed by atoms with Gasteiger partial charge in [-0.05, 0) is 24.3 Å². The number of aromatic nitrogens is 2. The van der Waals surface area contributed by atoms with Crippen molar-refractivity contribution in [2.75, 3.05) is 0 Å². The first-order valence-corrected chi connectivity index (χ1v) is 8.14. The molecule has 0 saturated carbocycles. The second-order valence-corrected chi connectivity index (χ2v) is 5.84. The average Bonchev–Trinajstić information content (AvgIpc) is 2.70. The van der Waals surface area contributed by atoms with E-state index in [1.165, 1.54) is 12.3 Å². The number of amides is 1. The van der Waals surface area contributed by atoms with E-state index in [4.69, 9.17) is 0 Å². The second kappa shape index (κ2) is 6.46. The van der Waals surface area contributed by atoms with Crippen molar-refractivity contribution in [1.29, 1.82) is 0 Å². The molecule has 1 atom stereocenters. The predicted molar refractivity (Wildman–Crippen MR) is 98.5 cm³/mol. The van der Waals surface area contributed by atoms with Crippen molar-refractivity contribution in [1.82, 2.24) is 14.5 Å². The summed E-state index contributed by atoms with van der Waals surface area (Å²) in [6.07, 6.45) is 7.94. The second-order valence-electron chi connectivity index (χ2n) is 5.84. The van der Waals surface area contributed by atoms with Crippen LogP contribution in [0.4, 0.5) is 15.8 Å². The van der Waals surface area contributed by atoms with Crippen molar-refractivity contribution in [2.45, 2.75) is 0 Å². The fraction of sp³-hybridized carbons (Fsp3) is 0. The lowest BCUT2D eigenvalue weighted by molar-refractivity contribution is -0.121. The fourth-order valence-corrected chi connectivity index (χ4v) is 3.11. The number of hydrogen-bond donors (Lipinski definition) is 0. The van der Waals surface area contributed by atoms with Gasteiger partial charge in [-0.1, -0.05) is 24.3 Å². The number of halogens is 1. The molecule has 4 nitrogen and oxygen atoms in total. The summed E-state index contributed by atoms with van der Waals surface area (Å²) >= 11 is 0. The first-order chi connectivity index (χ1) is 12.7. The van der Waals surface area contributed by atoms with Gasteiger partial charge in [0.15, 0.2) is 0 Å². The molecule has 3 aromatic rings. The predicted octanol–water partition coefficient (Wildman–Crippen LogP) is 4.39. The third-order valence-corrected chi connectivity index (χ3v) is 4.33. The number of pyridine rings is 2. The Labute approximate surface area is 150 Å². The zero-order valence-corrected chi connectivity index (χ0v) is 13.8. The minimum Gasteiger partial charge on any atom is -0.256 e. The molecule has 0 radical (unpaired) electrons. The zero-order valence-electron chi connectivity index (χ0n) is 13.8. The zero-order chi connectivity index (χ0) is 18.0. The third kappa shape index (κ3) is 2.55. The summed E-state index contributed by atoms with van der Waals surface area (Å²) in [6, 6.07) is 17.9. The monoisotopic (exact) mass is 344 g/mol. The maximum Gasteiger partial charge on any atom is 0.353 e. The van der Waals surface area contributed by atoms with Crippen LogP contribution in [0.3, 0.4) is 0 Å². The summed E-state index contributed by atoms with van der Waals surface area (Å²) in [5, 5.41) is 0. The maximum atomic E-state index is 14.7. The smallest absolute Gasteiger partial charge is 0.256 e. The molecule has 26 heavy (non-hydrogen) atoms. The van der Waals surface area contributed by atoms with Gasteiger partial charge in [0.1, 0.15) is 11.9 Å². The molecule has 2 aromatic heterocycles. The van der Waals surface area contributed by atoms with Crippen molar-refractivity contribution in [3.63, 3.8) is 0 Å². The largest absolute Gasteiger partial charge is 0.353 e. The first kappa shape index (κ1) is 16.1. The van der Waals surface area contributed by atoms with Crippen LogP contribution in [-0.4, -0.2) is 15.9 Å². The van der Waals surface area contributed by atoms with E-state index in [-0.39, 0.29) is 11.6 Å². The minimum atomic E-state index is -0.684. The molecular weight excluding hydrogens is 329 g/mol. The summed E-state index contributed by atoms with van der Waals surface area (Å²) in [6.45, 7) is 0. The first-order valence-electron chi connectivity index (χ1n) is 8.14. The van der Waals surface area contributed by atoms with Gasteiger partial charge < -0.3 is 0 Å². The molecular formula is C21H15FN3O+. The number of allylic oxidation sites excluding steroid dienone is 2. The highest BCUT2D eigenvalue weighted by Crippen LogP contribution is 2.40. The van der Waals surface area contributed by atoms with Gasteiger partial charge in [0.25, 0.3) is 5.95 Å². The highest BCUT2D eigenvalue weighted by atomic mass is 19.1. The van der Waals surface area contributed by atoms with Crippen LogP contribution < -0.4 is 4.48 Å². The van der Waals surface area contributed by atoms with Gasteiger partial charge in [0.2, 0.25) is 5.69 Å². The van der Waals surface area contributed by atoms with Crippen molar-refractivity contribution in [3.05, 3.63) is 103 Å². The summed E-state index contributed by atoms with van der Waals surface area (Å²) in [5.74, 6) is -0.959. The Morgan fingerprint density at radius 1 is 0.808 bits per heavy atom. The van der Waals surface area contributed by atoms with Gasteiger partial charge >= 0.3 is 5.91 Å². The standard InChI is InChI=1S/C21H15FN3O/c22-21-19(10-6-14-24-21)25(17-7-2-1-3-8-17)15-16(11-12-20(25)26)18-9-4-5-13-23-18/h1-15H/q+1. The Kier molecular flexibility index (Phi) is 3.99. The number of para-hydroxylation sites is 1. The topological polar surface area (TPSA) is 42.9 Å². The Bertz CT molecular complexity index is 1020. The molecule has 0 saturated heterocycles. The van der Waals surface area contributed by atoms with Crippen LogP contribution in [0.5, 0.6) is 0 Å². The minimum absolute atomic E-state index is 0.168. The SMILES string of the molecule is O=C1C=CC(c2ccccn2)=C[N+]1(c1ccccc1)c1cccnc1F. The molecule has 0 bridgehead atoms. The average molecular weight is 344 g/mol. The maximum absolute atomic E-state index is 14.7. The van der Waals surface area contributed by atoms with Crippen LogP contribution in [0.1, 0.15) is 5.69 Å². The Morgan fingerprint density at radius 2 is 1.58 bits per heavy atom. The van der Waals surface area contributed by atoms with Crippen LogP contribution in [0.15, 0.2) is 91.4 Å². The number of quaternary nitrogens is 1. The number of carbonyl (C=O) groups is 1. The lowest BCUT2D eigenvalue weighted by Crippen LogP contribution is -2.46. The molecule has 1 unspecified atom stereocenters. The molecule has 1 aliphatic rings. The summed E-state index contributed by atoms with van der Waals surface area (Å²) in [4.78, 5) is 21.2. The molecule has 0 aliphatic carbocycles. The van der Waals surface area contributed by atoms with Gasteiger partial charge in [-0.2, -0.15) is 8.87 Å². The molecule has 1 aromatic carbocycles. The van der Waals surface area contributed by atoms with Crippen molar-refractivity contribution in [2.24, 2.45) is 0 Å². The highest BCUT2D eigenvalue weighted by molar-refractivity contribution is 6.08. The van der Waals surface area contributed by atoms with Gasteiger partial charge in [-0.25, -0.2) is 9.78 Å². The van der Waals surface area contributed by atoms with Crippen LogP contribution in [0.25, 0.3) is 5.57 Å². The molecule has 1 aliphatic heterocycles. The fourth-order valence-electron chi connectivity index (χ4n) is 3.11. The van der Waals surface area contributed by atoms with E-state index in [1.54, 1.807) is 42.7 Å². The molecule has 126 valence electrons. The van der Waals surface area contributed by atoms with Crippen LogP contribution >= 0.6 is 0 Å². The highest BCUT2D eigenvalue weighted by Gasteiger charge is 2.44. The van der Waals surface area contributed by atoms with Crippen LogP contribution in [0, 0.1) is 5.95 Å². The van der Waals surface area contributed by atoms with Gasteiger partial charge in [0, 0.05) is 36.7 Å². The van der Waals surface area contributed by atoms with Crippen molar-refractivity contribution in [3.8, 4) is 0 Å². The van der Waals surface area contributed by atoms with E-state index in [1.807, 2.05) is 36.4 Å². The summed E-state index contributed by atoms with van der Waals surface area (Å²) < 4.78 is 14.2. The van der Waals surface area contributed by atoms with Gasteiger partial charge in [0.05, 0.1) is 11.3 Å². The number of carbonyl (C=O) groups excluding carboxylic acids is 1. The van der Waals surface area contributed by atoms with Gasteiger partial charge in [-0.15, -0.1) is 0 Å². The van der Waals surface area contributed by atoms with Gasteiger partial charge in [-0.3, -0.25) is 4.98 Å². The van der Waals surface area contributed by atoms with Crippen LogP contribution in [-0.2, 0) is 4.79 Å². The van der Waals surface area contributed by atoms with E-state index < -0.39 is 10.4 Å². The number of nitrogens with zero attached hydrogens (tertiary/aromatic N) is 3. The third-order valence-electron chi connectivity index (χ3n) is 4.33. The van der Waals surface area contributed by atoms with Crippen LogP contribution in [0.2, 0.25) is 0 Å². The summed E-state index contributed by atoms with van der Waals surface area (Å²) in [5.41, 5.74) is 2.24. The Hall–Kier alpha value is -3.44. The van der Waals surface area contributed by atoms with E-state index in [0.29, 0.717) is 11.4 Å². The molecule has 4 rings (SSSR count). The Balaban J connectivity index is 2.02. The van der Waals surface area contributed by atoms with E-state index in [2.05, 4.69) is 9.97 Å². The molecule has 3 heterocycles. The Morgan fingerprint density at radius 3 is 2.31 bits per heavy atom. The number of rotatable bonds is 3. The molecule has 1 amide bonds. The number of benzene rings is 1. The molecule has 0 spiro atoms. The lowest BCUT2D eigenvalue weighted by Gasteiger charge is -2.32. The molecule has 0 N–H and O–H groups in total. The van der Waals surface area contributed by atoms with E-state index >= 15 is 0 Å². The molecule has 0 fully saturated rings. The number of hydrogen-bond acceptors (Lipinski definition) is 3. The van der Waals surface area contributed by atoms with Crippen molar-refractivity contribution >= 4 is 22.9 Å². The van der Waals surface area contributed by atoms with E-state index in [9.17, 15) is 9.18 Å².